The SMILES string of the molecule is Cc1c(NC(=O)c2ccccc2)cc([N+](=O)[O-])cc1NC(=O)c1ccccc1. The number of benzene rings is 3. The Hall–Kier alpha value is -4.00. The minimum atomic E-state index is -0.574. The summed E-state index contributed by atoms with van der Waals surface area (Å²) in [6.07, 6.45) is 0. The van der Waals surface area contributed by atoms with Gasteiger partial charge in [0.05, 0.1) is 16.3 Å². The highest BCUT2D eigenvalue weighted by atomic mass is 16.6. The third-order valence-corrected chi connectivity index (χ3v) is 4.17. The average Bonchev–Trinajstić information content (AvgIpc) is 2.71. The second-order valence-corrected chi connectivity index (χ2v) is 6.06. The number of non-ortho nitro benzene ring substituents is 1. The van der Waals surface area contributed by atoms with Crippen molar-refractivity contribution in [3.8, 4) is 0 Å². The van der Waals surface area contributed by atoms with Gasteiger partial charge in [-0.15, -0.1) is 0 Å². The number of nitrogens with zero attached hydrogens (tertiary/aromatic N) is 1. The highest BCUT2D eigenvalue weighted by molar-refractivity contribution is 6.07. The second-order valence-electron chi connectivity index (χ2n) is 6.06. The Bertz CT molecular complexity index is 960. The van der Waals surface area contributed by atoms with Crippen molar-refractivity contribution in [1.29, 1.82) is 0 Å². The summed E-state index contributed by atoms with van der Waals surface area (Å²) in [6.45, 7) is 1.67. The molecular weight excluding hydrogens is 358 g/mol. The molecule has 3 aromatic carbocycles. The number of carbonyl (C=O) groups excluding carboxylic acids is 2. The quantitative estimate of drug-likeness (QED) is 0.509. The number of hydrogen-bond donors (Lipinski definition) is 2. The molecule has 0 atom stereocenters. The van der Waals surface area contributed by atoms with Crippen LogP contribution in [0.3, 0.4) is 0 Å². The smallest absolute Gasteiger partial charge is 0.273 e. The molecule has 0 heterocycles. The van der Waals surface area contributed by atoms with E-state index in [1.165, 1.54) is 12.1 Å². The molecule has 28 heavy (non-hydrogen) atoms. The van der Waals surface area contributed by atoms with Gasteiger partial charge in [-0.05, 0) is 36.8 Å². The molecule has 0 aliphatic heterocycles. The van der Waals surface area contributed by atoms with E-state index in [4.69, 9.17) is 0 Å². The van der Waals surface area contributed by atoms with E-state index in [0.29, 0.717) is 16.7 Å². The van der Waals surface area contributed by atoms with Gasteiger partial charge >= 0.3 is 0 Å². The van der Waals surface area contributed by atoms with Gasteiger partial charge in [-0.2, -0.15) is 0 Å². The maximum atomic E-state index is 12.4. The number of anilines is 2. The fourth-order valence-corrected chi connectivity index (χ4v) is 2.63. The van der Waals surface area contributed by atoms with Crippen molar-refractivity contribution in [1.82, 2.24) is 0 Å². The molecule has 2 amide bonds. The third kappa shape index (κ3) is 4.21. The monoisotopic (exact) mass is 375 g/mol. The molecule has 2 N–H and O–H groups in total. The van der Waals surface area contributed by atoms with Crippen molar-refractivity contribution in [2.24, 2.45) is 0 Å². The first-order valence-corrected chi connectivity index (χ1v) is 8.47. The lowest BCUT2D eigenvalue weighted by Gasteiger charge is -2.14. The lowest BCUT2D eigenvalue weighted by Crippen LogP contribution is -2.16. The van der Waals surface area contributed by atoms with Gasteiger partial charge in [0, 0.05) is 23.3 Å². The Morgan fingerprint density at radius 3 is 1.54 bits per heavy atom. The minimum Gasteiger partial charge on any atom is -0.321 e. The molecule has 3 rings (SSSR count). The number of carbonyl (C=O) groups is 2. The van der Waals surface area contributed by atoms with Crippen LogP contribution in [0.4, 0.5) is 17.1 Å². The van der Waals surface area contributed by atoms with Gasteiger partial charge in [0.25, 0.3) is 17.5 Å². The highest BCUT2D eigenvalue weighted by Gasteiger charge is 2.18. The molecule has 0 unspecified atom stereocenters. The van der Waals surface area contributed by atoms with Crippen molar-refractivity contribution < 1.29 is 14.5 Å². The number of rotatable bonds is 5. The topological polar surface area (TPSA) is 101 Å². The van der Waals surface area contributed by atoms with E-state index in [1.807, 2.05) is 0 Å². The molecule has 7 nitrogen and oxygen atoms in total. The molecule has 0 bridgehead atoms. The third-order valence-electron chi connectivity index (χ3n) is 4.17. The van der Waals surface area contributed by atoms with Crippen molar-refractivity contribution in [2.45, 2.75) is 6.92 Å². The molecule has 0 saturated heterocycles. The van der Waals surface area contributed by atoms with Gasteiger partial charge in [-0.3, -0.25) is 19.7 Å². The molecule has 0 saturated carbocycles. The number of amides is 2. The largest absolute Gasteiger partial charge is 0.321 e. The van der Waals surface area contributed by atoms with Gasteiger partial charge in [0.2, 0.25) is 0 Å². The van der Waals surface area contributed by atoms with Crippen molar-refractivity contribution in [3.63, 3.8) is 0 Å². The summed E-state index contributed by atoms with van der Waals surface area (Å²) >= 11 is 0. The summed E-state index contributed by atoms with van der Waals surface area (Å²) < 4.78 is 0. The van der Waals surface area contributed by atoms with Crippen LogP contribution in [0.15, 0.2) is 72.8 Å². The van der Waals surface area contributed by atoms with Crippen LogP contribution in [-0.4, -0.2) is 16.7 Å². The zero-order valence-electron chi connectivity index (χ0n) is 15.0. The van der Waals surface area contributed by atoms with E-state index in [-0.39, 0.29) is 17.1 Å². The Balaban J connectivity index is 1.93. The molecular formula is C21H17N3O4. The fourth-order valence-electron chi connectivity index (χ4n) is 2.63. The molecule has 7 heteroatoms. The van der Waals surface area contributed by atoms with E-state index in [9.17, 15) is 19.7 Å². The van der Waals surface area contributed by atoms with Crippen LogP contribution in [0.25, 0.3) is 0 Å². The first kappa shape index (κ1) is 18.8. The summed E-state index contributed by atoms with van der Waals surface area (Å²) in [5, 5.41) is 16.7. The zero-order chi connectivity index (χ0) is 20.1. The minimum absolute atomic E-state index is 0.239. The molecule has 0 aliphatic rings. The van der Waals surface area contributed by atoms with Gasteiger partial charge < -0.3 is 10.6 Å². The average molecular weight is 375 g/mol. The standard InChI is InChI=1S/C21H17N3O4/c1-14-18(22-20(25)15-8-4-2-5-9-15)12-17(24(27)28)13-19(14)23-21(26)16-10-6-3-7-11-16/h2-13H,1H3,(H,22,25)(H,23,26). The molecule has 0 spiro atoms. The van der Waals surface area contributed by atoms with Gasteiger partial charge in [-0.1, -0.05) is 36.4 Å². The number of nitro groups is 1. The van der Waals surface area contributed by atoms with E-state index < -0.39 is 16.7 Å². The second kappa shape index (κ2) is 8.13. The zero-order valence-corrected chi connectivity index (χ0v) is 15.0. The summed E-state index contributed by atoms with van der Waals surface area (Å²) in [5.74, 6) is -0.797. The van der Waals surface area contributed by atoms with Crippen LogP contribution in [0.5, 0.6) is 0 Å². The number of nitrogens with one attached hydrogen (secondary N) is 2. The molecule has 3 aromatic rings. The maximum Gasteiger partial charge on any atom is 0.273 e. The Kier molecular flexibility index (Phi) is 5.45. The number of nitro benzene ring substituents is 1. The van der Waals surface area contributed by atoms with Crippen LogP contribution in [0.2, 0.25) is 0 Å². The highest BCUT2D eigenvalue weighted by Crippen LogP contribution is 2.30. The molecule has 140 valence electrons. The molecule has 0 aliphatic carbocycles. The van der Waals surface area contributed by atoms with E-state index in [0.717, 1.165) is 0 Å². The van der Waals surface area contributed by atoms with Gasteiger partial charge in [0.15, 0.2) is 0 Å². The van der Waals surface area contributed by atoms with Crippen LogP contribution < -0.4 is 10.6 Å². The van der Waals surface area contributed by atoms with Crippen molar-refractivity contribution >= 4 is 28.9 Å². The van der Waals surface area contributed by atoms with Crippen molar-refractivity contribution in [3.05, 3.63) is 99.6 Å². The van der Waals surface area contributed by atoms with Crippen molar-refractivity contribution in [2.75, 3.05) is 10.6 Å². The van der Waals surface area contributed by atoms with Gasteiger partial charge in [-0.25, -0.2) is 0 Å². The summed E-state index contributed by atoms with van der Waals surface area (Å²) in [7, 11) is 0. The predicted molar refractivity (Wildman–Crippen MR) is 107 cm³/mol. The van der Waals surface area contributed by atoms with Crippen LogP contribution in [-0.2, 0) is 0 Å². The summed E-state index contributed by atoms with van der Waals surface area (Å²) in [6, 6.07) is 19.6. The fraction of sp³-hybridized carbons (Fsp3) is 0.0476. The predicted octanol–water partition coefficient (Wildman–Crippen LogP) is 4.41. The summed E-state index contributed by atoms with van der Waals surface area (Å²) in [5.41, 5.74) is 1.63. The lowest BCUT2D eigenvalue weighted by atomic mass is 10.1. The molecule has 0 aromatic heterocycles. The van der Waals surface area contributed by atoms with Crippen LogP contribution in [0.1, 0.15) is 26.3 Å². The first-order chi connectivity index (χ1) is 13.5. The lowest BCUT2D eigenvalue weighted by molar-refractivity contribution is -0.384. The Morgan fingerprint density at radius 1 is 0.786 bits per heavy atom. The number of hydrogen-bond acceptors (Lipinski definition) is 4. The van der Waals surface area contributed by atoms with Gasteiger partial charge in [0.1, 0.15) is 0 Å². The van der Waals surface area contributed by atoms with E-state index in [1.54, 1.807) is 67.6 Å². The Labute approximate surface area is 161 Å². The molecule has 0 radical (unpaired) electrons. The normalized spacial score (nSPS) is 10.2. The Morgan fingerprint density at radius 2 is 1.18 bits per heavy atom. The van der Waals surface area contributed by atoms with Crippen LogP contribution in [0, 0.1) is 17.0 Å². The van der Waals surface area contributed by atoms with E-state index in [2.05, 4.69) is 10.6 Å². The molecule has 0 fully saturated rings. The first-order valence-electron chi connectivity index (χ1n) is 8.47. The van der Waals surface area contributed by atoms with E-state index >= 15 is 0 Å². The summed E-state index contributed by atoms with van der Waals surface area (Å²) in [4.78, 5) is 35.6. The maximum absolute atomic E-state index is 12.4. The van der Waals surface area contributed by atoms with Crippen LogP contribution >= 0.6 is 0 Å².